The smallest absolute Gasteiger partial charge is 0.146 e. The standard InChI is InChI=1S/C16H20OS/c17-15-12-8-3-1-2-4-9-13-16(15)18-14-10-6-5-7-11-14/h1-2,5-7,10-11,16H,3-4,8-9,12-13H2/b2-1-. The molecule has 1 aliphatic rings. The molecule has 1 nitrogen and oxygen atoms in total. The lowest BCUT2D eigenvalue weighted by molar-refractivity contribution is -0.118. The van der Waals surface area contributed by atoms with Crippen LogP contribution in [0.25, 0.3) is 0 Å². The zero-order chi connectivity index (χ0) is 12.6. The minimum atomic E-state index is 0.152. The van der Waals surface area contributed by atoms with Crippen molar-refractivity contribution in [3.63, 3.8) is 0 Å². The summed E-state index contributed by atoms with van der Waals surface area (Å²) in [6.07, 6.45) is 10.5. The zero-order valence-corrected chi connectivity index (χ0v) is 11.5. The van der Waals surface area contributed by atoms with E-state index in [2.05, 4.69) is 24.3 Å². The Balaban J connectivity index is 1.99. The van der Waals surface area contributed by atoms with Crippen LogP contribution in [-0.4, -0.2) is 11.0 Å². The van der Waals surface area contributed by atoms with Crippen molar-refractivity contribution in [2.45, 2.75) is 48.7 Å². The molecule has 1 aromatic rings. The van der Waals surface area contributed by atoms with E-state index in [1.54, 1.807) is 11.8 Å². The maximum Gasteiger partial charge on any atom is 0.146 e. The average Bonchev–Trinajstić information content (AvgIpc) is 2.41. The van der Waals surface area contributed by atoms with E-state index < -0.39 is 0 Å². The molecule has 0 amide bonds. The summed E-state index contributed by atoms with van der Waals surface area (Å²) in [4.78, 5) is 13.4. The molecule has 2 rings (SSSR count). The highest BCUT2D eigenvalue weighted by Crippen LogP contribution is 2.28. The van der Waals surface area contributed by atoms with Gasteiger partial charge in [-0.3, -0.25) is 4.79 Å². The van der Waals surface area contributed by atoms with Gasteiger partial charge in [-0.1, -0.05) is 30.4 Å². The summed E-state index contributed by atoms with van der Waals surface area (Å²) in [5, 5.41) is 0.152. The van der Waals surface area contributed by atoms with Gasteiger partial charge >= 0.3 is 0 Å². The molecule has 0 saturated heterocycles. The van der Waals surface area contributed by atoms with Gasteiger partial charge in [0.1, 0.15) is 5.78 Å². The largest absolute Gasteiger partial charge is 0.298 e. The van der Waals surface area contributed by atoms with Crippen LogP contribution in [-0.2, 0) is 4.79 Å². The van der Waals surface area contributed by atoms with E-state index in [1.165, 1.54) is 4.90 Å². The van der Waals surface area contributed by atoms with Crippen molar-refractivity contribution in [1.82, 2.24) is 0 Å². The second-order valence-electron chi connectivity index (χ2n) is 4.68. The van der Waals surface area contributed by atoms with Crippen molar-refractivity contribution >= 4 is 17.5 Å². The Morgan fingerprint density at radius 1 is 1.00 bits per heavy atom. The van der Waals surface area contributed by atoms with Gasteiger partial charge in [-0.15, -0.1) is 11.8 Å². The highest BCUT2D eigenvalue weighted by atomic mass is 32.2. The summed E-state index contributed by atoms with van der Waals surface area (Å²) in [7, 11) is 0. The van der Waals surface area contributed by atoms with Gasteiger partial charge in [0.2, 0.25) is 0 Å². The molecule has 0 bridgehead atoms. The molecule has 0 N–H and O–H groups in total. The number of ketones is 1. The molecule has 2 heteroatoms. The molecule has 1 aromatic carbocycles. The van der Waals surface area contributed by atoms with E-state index in [4.69, 9.17) is 0 Å². The third-order valence-electron chi connectivity index (χ3n) is 3.18. The Kier molecular flexibility index (Phi) is 5.53. The zero-order valence-electron chi connectivity index (χ0n) is 10.7. The first-order valence-electron chi connectivity index (χ1n) is 6.75. The Labute approximate surface area is 114 Å². The molecule has 1 atom stereocenters. The van der Waals surface area contributed by atoms with Gasteiger partial charge in [-0.05, 0) is 44.2 Å². The van der Waals surface area contributed by atoms with Gasteiger partial charge in [0.15, 0.2) is 0 Å². The Morgan fingerprint density at radius 2 is 1.72 bits per heavy atom. The minimum absolute atomic E-state index is 0.152. The van der Waals surface area contributed by atoms with Gasteiger partial charge < -0.3 is 0 Å². The average molecular weight is 260 g/mol. The number of hydrogen-bond acceptors (Lipinski definition) is 2. The number of benzene rings is 1. The number of hydrogen-bond donors (Lipinski definition) is 0. The summed E-state index contributed by atoms with van der Waals surface area (Å²) >= 11 is 1.74. The van der Waals surface area contributed by atoms with E-state index in [0.717, 1.165) is 38.5 Å². The van der Waals surface area contributed by atoms with Gasteiger partial charge in [0.05, 0.1) is 5.25 Å². The van der Waals surface area contributed by atoms with Crippen LogP contribution in [0.3, 0.4) is 0 Å². The second kappa shape index (κ2) is 7.42. The number of allylic oxidation sites excluding steroid dienone is 2. The quantitative estimate of drug-likeness (QED) is 0.721. The number of thioether (sulfide) groups is 1. The summed E-state index contributed by atoms with van der Waals surface area (Å²) < 4.78 is 0. The monoisotopic (exact) mass is 260 g/mol. The van der Waals surface area contributed by atoms with Crippen LogP contribution in [0.5, 0.6) is 0 Å². The predicted molar refractivity (Wildman–Crippen MR) is 77.9 cm³/mol. The SMILES string of the molecule is O=C1CCC/C=C\CCCC1Sc1ccccc1. The number of rotatable bonds is 2. The second-order valence-corrected chi connectivity index (χ2v) is 5.96. The van der Waals surface area contributed by atoms with Crippen LogP contribution < -0.4 is 0 Å². The number of carbonyl (C=O) groups is 1. The Bertz CT molecular complexity index is 397. The molecule has 0 saturated carbocycles. The lowest BCUT2D eigenvalue weighted by atomic mass is 10.0. The van der Waals surface area contributed by atoms with E-state index in [0.29, 0.717) is 5.78 Å². The van der Waals surface area contributed by atoms with E-state index >= 15 is 0 Å². The molecule has 0 fully saturated rings. The summed E-state index contributed by atoms with van der Waals surface area (Å²) in [5.41, 5.74) is 0. The predicted octanol–water partition coefficient (Wildman–Crippen LogP) is 4.63. The first-order chi connectivity index (χ1) is 8.86. The molecule has 0 spiro atoms. The molecule has 0 aromatic heterocycles. The lowest BCUT2D eigenvalue weighted by Gasteiger charge is -2.16. The highest BCUT2D eigenvalue weighted by Gasteiger charge is 2.19. The molecule has 18 heavy (non-hydrogen) atoms. The lowest BCUT2D eigenvalue weighted by Crippen LogP contribution is -2.17. The van der Waals surface area contributed by atoms with Crippen LogP contribution >= 0.6 is 11.8 Å². The molecule has 1 unspecified atom stereocenters. The van der Waals surface area contributed by atoms with Crippen LogP contribution in [0.4, 0.5) is 0 Å². The third kappa shape index (κ3) is 4.34. The fourth-order valence-corrected chi connectivity index (χ4v) is 3.34. The van der Waals surface area contributed by atoms with Gasteiger partial charge in [-0.2, -0.15) is 0 Å². The highest BCUT2D eigenvalue weighted by molar-refractivity contribution is 8.00. The molecule has 0 aliphatic heterocycles. The maximum absolute atomic E-state index is 12.2. The summed E-state index contributed by atoms with van der Waals surface area (Å²) in [6, 6.07) is 10.3. The molecular weight excluding hydrogens is 240 g/mol. The first-order valence-corrected chi connectivity index (χ1v) is 7.63. The van der Waals surface area contributed by atoms with Crippen LogP contribution in [0, 0.1) is 0 Å². The van der Waals surface area contributed by atoms with Crippen LogP contribution in [0.1, 0.15) is 38.5 Å². The normalized spacial score (nSPS) is 23.6. The third-order valence-corrected chi connectivity index (χ3v) is 4.51. The van der Waals surface area contributed by atoms with Gasteiger partial charge in [0, 0.05) is 11.3 Å². The van der Waals surface area contributed by atoms with Crippen molar-refractivity contribution in [3.05, 3.63) is 42.5 Å². The van der Waals surface area contributed by atoms with E-state index in [-0.39, 0.29) is 5.25 Å². The molecule has 96 valence electrons. The summed E-state index contributed by atoms with van der Waals surface area (Å²) in [6.45, 7) is 0. The van der Waals surface area contributed by atoms with Gasteiger partial charge in [0.25, 0.3) is 0 Å². The van der Waals surface area contributed by atoms with Crippen LogP contribution in [0.2, 0.25) is 0 Å². The van der Waals surface area contributed by atoms with Crippen molar-refractivity contribution < 1.29 is 4.79 Å². The van der Waals surface area contributed by atoms with E-state index in [9.17, 15) is 4.79 Å². The van der Waals surface area contributed by atoms with Crippen molar-refractivity contribution in [2.24, 2.45) is 0 Å². The van der Waals surface area contributed by atoms with Crippen molar-refractivity contribution in [3.8, 4) is 0 Å². The molecule has 1 aliphatic carbocycles. The molecular formula is C16H20OS. The first kappa shape index (κ1) is 13.4. The Morgan fingerprint density at radius 3 is 2.50 bits per heavy atom. The van der Waals surface area contributed by atoms with Crippen LogP contribution in [0.15, 0.2) is 47.4 Å². The van der Waals surface area contributed by atoms with Gasteiger partial charge in [-0.25, -0.2) is 0 Å². The number of Topliss-reactive ketones (excluding diaryl/α,β-unsaturated/α-hetero) is 1. The fraction of sp³-hybridized carbons (Fsp3) is 0.438. The maximum atomic E-state index is 12.2. The Hall–Kier alpha value is -1.02. The topological polar surface area (TPSA) is 17.1 Å². The molecule has 0 heterocycles. The van der Waals surface area contributed by atoms with Crippen molar-refractivity contribution in [2.75, 3.05) is 0 Å². The minimum Gasteiger partial charge on any atom is -0.298 e. The van der Waals surface area contributed by atoms with Crippen molar-refractivity contribution in [1.29, 1.82) is 0 Å². The summed E-state index contributed by atoms with van der Waals surface area (Å²) in [5.74, 6) is 0.430. The fourth-order valence-electron chi connectivity index (χ4n) is 2.16. The van der Waals surface area contributed by atoms with E-state index in [1.807, 2.05) is 18.2 Å². The number of carbonyl (C=O) groups excluding carboxylic acids is 1. The molecule has 0 radical (unpaired) electrons.